The van der Waals surface area contributed by atoms with Gasteiger partial charge in [-0.25, -0.2) is 4.39 Å². The fourth-order valence-electron chi connectivity index (χ4n) is 1.61. The summed E-state index contributed by atoms with van der Waals surface area (Å²) in [5, 5.41) is 3.21. The van der Waals surface area contributed by atoms with E-state index in [2.05, 4.69) is 10.2 Å². The molecule has 1 aliphatic heterocycles. The average molecular weight is 194 g/mol. The number of likely N-dealkylation sites (N-methyl/N-ethyl adjacent to an activating group) is 1. The molecule has 1 heterocycles. The number of halogens is 1. The minimum Gasteiger partial charge on any atom is -0.314 e. The summed E-state index contributed by atoms with van der Waals surface area (Å²) < 4.78 is 13.3. The molecular formula is C11H15FN2. The van der Waals surface area contributed by atoms with Crippen LogP contribution in [0.15, 0.2) is 24.3 Å². The molecule has 1 N–H and O–H groups in total. The van der Waals surface area contributed by atoms with E-state index >= 15 is 0 Å². The summed E-state index contributed by atoms with van der Waals surface area (Å²) >= 11 is 0. The van der Waals surface area contributed by atoms with Crippen LogP contribution < -0.4 is 5.32 Å². The molecule has 1 aliphatic rings. The van der Waals surface area contributed by atoms with Gasteiger partial charge in [-0.05, 0) is 13.1 Å². The van der Waals surface area contributed by atoms with E-state index in [4.69, 9.17) is 0 Å². The Hall–Kier alpha value is -0.930. The van der Waals surface area contributed by atoms with Crippen LogP contribution in [-0.2, 0) is 6.54 Å². The minimum atomic E-state index is -0.105. The second kappa shape index (κ2) is 4.07. The lowest BCUT2D eigenvalue weighted by molar-refractivity contribution is 0.171. The Balaban J connectivity index is 1.99. The number of nitrogens with one attached hydrogen (secondary N) is 1. The van der Waals surface area contributed by atoms with Gasteiger partial charge in [0, 0.05) is 31.2 Å². The highest BCUT2D eigenvalue weighted by molar-refractivity contribution is 5.17. The Kier molecular flexibility index (Phi) is 2.79. The molecule has 2 nitrogen and oxygen atoms in total. The number of rotatable bonds is 3. The molecule has 0 radical (unpaired) electrons. The Morgan fingerprint density at radius 3 is 2.71 bits per heavy atom. The maximum Gasteiger partial charge on any atom is 0.127 e. The molecule has 0 atom stereocenters. The molecule has 0 bridgehead atoms. The second-order valence-corrected chi connectivity index (χ2v) is 3.82. The van der Waals surface area contributed by atoms with Crippen LogP contribution in [0.25, 0.3) is 0 Å². The SMILES string of the molecule is CN(Cc1ccccc1F)C1CNC1. The first-order chi connectivity index (χ1) is 6.77. The summed E-state index contributed by atoms with van der Waals surface area (Å²) in [5.74, 6) is -0.105. The van der Waals surface area contributed by atoms with Crippen LogP contribution in [0.2, 0.25) is 0 Å². The summed E-state index contributed by atoms with van der Waals surface area (Å²) in [6.07, 6.45) is 0. The van der Waals surface area contributed by atoms with Crippen LogP contribution in [0.5, 0.6) is 0 Å². The Morgan fingerprint density at radius 1 is 1.43 bits per heavy atom. The van der Waals surface area contributed by atoms with Gasteiger partial charge in [-0.3, -0.25) is 4.90 Å². The quantitative estimate of drug-likeness (QED) is 0.778. The van der Waals surface area contributed by atoms with Crippen molar-refractivity contribution in [2.75, 3.05) is 20.1 Å². The Labute approximate surface area is 83.7 Å². The van der Waals surface area contributed by atoms with E-state index in [9.17, 15) is 4.39 Å². The molecule has 0 aromatic heterocycles. The fraction of sp³-hybridized carbons (Fsp3) is 0.455. The molecule has 1 saturated heterocycles. The van der Waals surface area contributed by atoms with Gasteiger partial charge in [-0.15, -0.1) is 0 Å². The first-order valence-corrected chi connectivity index (χ1v) is 4.92. The van der Waals surface area contributed by atoms with E-state index < -0.39 is 0 Å². The predicted octanol–water partition coefficient (Wildman–Crippen LogP) is 1.23. The standard InChI is InChI=1S/C11H15FN2/c1-14(10-6-13-7-10)8-9-4-2-3-5-11(9)12/h2-5,10,13H,6-8H2,1H3. The van der Waals surface area contributed by atoms with Gasteiger partial charge >= 0.3 is 0 Å². The van der Waals surface area contributed by atoms with Crippen molar-refractivity contribution >= 4 is 0 Å². The largest absolute Gasteiger partial charge is 0.314 e. The van der Waals surface area contributed by atoms with E-state index in [0.29, 0.717) is 12.6 Å². The zero-order valence-electron chi connectivity index (χ0n) is 8.33. The monoisotopic (exact) mass is 194 g/mol. The fourth-order valence-corrected chi connectivity index (χ4v) is 1.61. The molecule has 3 heteroatoms. The minimum absolute atomic E-state index is 0.105. The highest BCUT2D eigenvalue weighted by atomic mass is 19.1. The van der Waals surface area contributed by atoms with Crippen LogP contribution in [-0.4, -0.2) is 31.1 Å². The number of hydrogen-bond donors (Lipinski definition) is 1. The van der Waals surface area contributed by atoms with Crippen LogP contribution in [0.3, 0.4) is 0 Å². The number of hydrogen-bond acceptors (Lipinski definition) is 2. The molecule has 76 valence electrons. The van der Waals surface area contributed by atoms with E-state index in [1.54, 1.807) is 6.07 Å². The van der Waals surface area contributed by atoms with Crippen LogP contribution in [0, 0.1) is 5.82 Å². The summed E-state index contributed by atoms with van der Waals surface area (Å²) in [4.78, 5) is 2.19. The maximum atomic E-state index is 13.3. The van der Waals surface area contributed by atoms with Crippen molar-refractivity contribution in [3.63, 3.8) is 0 Å². The summed E-state index contributed by atoms with van der Waals surface area (Å²) in [6.45, 7) is 2.73. The van der Waals surface area contributed by atoms with Crippen molar-refractivity contribution in [2.45, 2.75) is 12.6 Å². The zero-order chi connectivity index (χ0) is 9.97. The van der Waals surface area contributed by atoms with Crippen molar-refractivity contribution in [1.29, 1.82) is 0 Å². The van der Waals surface area contributed by atoms with Crippen molar-refractivity contribution in [3.05, 3.63) is 35.6 Å². The molecule has 1 aromatic rings. The average Bonchev–Trinajstić information content (AvgIpc) is 2.05. The van der Waals surface area contributed by atoms with E-state index in [0.717, 1.165) is 18.7 Å². The lowest BCUT2D eigenvalue weighted by Crippen LogP contribution is -2.55. The van der Waals surface area contributed by atoms with Gasteiger partial charge in [0.15, 0.2) is 0 Å². The first-order valence-electron chi connectivity index (χ1n) is 4.92. The molecule has 0 amide bonds. The van der Waals surface area contributed by atoms with Gasteiger partial charge in [-0.1, -0.05) is 18.2 Å². The summed E-state index contributed by atoms with van der Waals surface area (Å²) in [6, 6.07) is 7.53. The van der Waals surface area contributed by atoms with Crippen LogP contribution >= 0.6 is 0 Å². The van der Waals surface area contributed by atoms with E-state index in [1.807, 2.05) is 19.2 Å². The van der Waals surface area contributed by atoms with Gasteiger partial charge < -0.3 is 5.32 Å². The van der Waals surface area contributed by atoms with Crippen molar-refractivity contribution in [1.82, 2.24) is 10.2 Å². The third-order valence-corrected chi connectivity index (χ3v) is 2.76. The Bertz CT molecular complexity index is 310. The molecule has 14 heavy (non-hydrogen) atoms. The van der Waals surface area contributed by atoms with Gasteiger partial charge in [0.05, 0.1) is 0 Å². The van der Waals surface area contributed by atoms with Crippen LogP contribution in [0.4, 0.5) is 4.39 Å². The van der Waals surface area contributed by atoms with E-state index in [-0.39, 0.29) is 5.82 Å². The van der Waals surface area contributed by atoms with Gasteiger partial charge in [0.1, 0.15) is 5.82 Å². The molecular weight excluding hydrogens is 179 g/mol. The maximum absolute atomic E-state index is 13.3. The summed E-state index contributed by atoms with van der Waals surface area (Å²) in [7, 11) is 2.04. The molecule has 2 rings (SSSR count). The topological polar surface area (TPSA) is 15.3 Å². The zero-order valence-corrected chi connectivity index (χ0v) is 8.33. The van der Waals surface area contributed by atoms with Crippen LogP contribution in [0.1, 0.15) is 5.56 Å². The number of nitrogens with zero attached hydrogens (tertiary/aromatic N) is 1. The van der Waals surface area contributed by atoms with E-state index in [1.165, 1.54) is 6.07 Å². The first kappa shape index (κ1) is 9.62. The van der Waals surface area contributed by atoms with Crippen molar-refractivity contribution in [2.24, 2.45) is 0 Å². The molecule has 1 fully saturated rings. The third-order valence-electron chi connectivity index (χ3n) is 2.76. The lowest BCUT2D eigenvalue weighted by Gasteiger charge is -2.35. The molecule has 1 aromatic carbocycles. The van der Waals surface area contributed by atoms with Crippen molar-refractivity contribution in [3.8, 4) is 0 Å². The lowest BCUT2D eigenvalue weighted by atomic mass is 10.1. The summed E-state index contributed by atoms with van der Waals surface area (Å²) in [5.41, 5.74) is 0.780. The Morgan fingerprint density at radius 2 is 2.14 bits per heavy atom. The molecule has 0 spiro atoms. The van der Waals surface area contributed by atoms with Gasteiger partial charge in [0.25, 0.3) is 0 Å². The molecule has 0 unspecified atom stereocenters. The number of benzene rings is 1. The highest BCUT2D eigenvalue weighted by Gasteiger charge is 2.21. The van der Waals surface area contributed by atoms with Gasteiger partial charge in [0.2, 0.25) is 0 Å². The normalized spacial score (nSPS) is 17.1. The second-order valence-electron chi connectivity index (χ2n) is 3.82. The smallest absolute Gasteiger partial charge is 0.127 e. The predicted molar refractivity (Wildman–Crippen MR) is 54.5 cm³/mol. The molecule has 0 aliphatic carbocycles. The van der Waals surface area contributed by atoms with Gasteiger partial charge in [-0.2, -0.15) is 0 Å². The molecule has 0 saturated carbocycles. The highest BCUT2D eigenvalue weighted by Crippen LogP contribution is 2.12. The third kappa shape index (κ3) is 1.94. The van der Waals surface area contributed by atoms with Crippen molar-refractivity contribution < 1.29 is 4.39 Å².